The Kier molecular flexibility index (Phi) is 4.27. The van der Waals surface area contributed by atoms with Crippen molar-refractivity contribution in [3.8, 4) is 0 Å². The first-order chi connectivity index (χ1) is 9.44. The van der Waals surface area contributed by atoms with Gasteiger partial charge < -0.3 is 10.2 Å². The summed E-state index contributed by atoms with van der Waals surface area (Å²) in [4.78, 5) is 0. The quantitative estimate of drug-likeness (QED) is 0.884. The van der Waals surface area contributed by atoms with Crippen LogP contribution in [0.15, 0.2) is 45.9 Å². The lowest BCUT2D eigenvalue weighted by atomic mass is 10.0. The summed E-state index contributed by atoms with van der Waals surface area (Å²) in [5.41, 5.74) is 7.37. The molecule has 1 aromatic carbocycles. The lowest BCUT2D eigenvalue weighted by Gasteiger charge is -2.15. The van der Waals surface area contributed by atoms with Crippen molar-refractivity contribution in [2.45, 2.75) is 31.5 Å². The molecule has 20 heavy (non-hydrogen) atoms. The van der Waals surface area contributed by atoms with Gasteiger partial charge in [-0.2, -0.15) is 0 Å². The molecular weight excluding hydrogens is 276 g/mol. The smallest absolute Gasteiger partial charge is 0.274 e. The number of hydrogen-bond donors (Lipinski definition) is 2. The van der Waals surface area contributed by atoms with E-state index in [1.165, 1.54) is 6.07 Å². The Morgan fingerprint density at radius 1 is 1.25 bits per heavy atom. The first kappa shape index (κ1) is 14.8. The van der Waals surface area contributed by atoms with Crippen molar-refractivity contribution in [1.29, 1.82) is 0 Å². The average Bonchev–Trinajstić information content (AvgIpc) is 2.88. The minimum atomic E-state index is -3.69. The molecule has 0 aliphatic heterocycles. The van der Waals surface area contributed by atoms with Crippen molar-refractivity contribution in [1.82, 2.24) is 4.72 Å². The molecule has 0 spiro atoms. The molecule has 0 amide bonds. The third-order valence-electron chi connectivity index (χ3n) is 3.09. The molecule has 0 saturated heterocycles. The van der Waals surface area contributed by atoms with Gasteiger partial charge in [0.15, 0.2) is 0 Å². The Balaban J connectivity index is 2.22. The maximum Gasteiger partial charge on any atom is 0.274 e. The molecule has 0 radical (unpaired) electrons. The zero-order chi connectivity index (χ0) is 14.8. The highest BCUT2D eigenvalue weighted by Gasteiger charge is 2.22. The summed E-state index contributed by atoms with van der Waals surface area (Å²) in [6.07, 6.45) is 0. The summed E-state index contributed by atoms with van der Waals surface area (Å²) in [5.74, 6) is 0.439. The van der Waals surface area contributed by atoms with E-state index in [4.69, 9.17) is 10.2 Å². The highest BCUT2D eigenvalue weighted by Crippen LogP contribution is 2.20. The van der Waals surface area contributed by atoms with Gasteiger partial charge in [0.2, 0.25) is 5.09 Å². The monoisotopic (exact) mass is 294 g/mol. The maximum absolute atomic E-state index is 12.2. The summed E-state index contributed by atoms with van der Waals surface area (Å²) < 4.78 is 32.2. The predicted octanol–water partition coefficient (Wildman–Crippen LogP) is 2.09. The van der Waals surface area contributed by atoms with Crippen LogP contribution in [-0.4, -0.2) is 8.42 Å². The minimum absolute atomic E-state index is 0.113. The Labute approximate surface area is 118 Å². The lowest BCUT2D eigenvalue weighted by Crippen LogP contribution is -2.27. The summed E-state index contributed by atoms with van der Waals surface area (Å²) in [7, 11) is -3.69. The molecule has 0 aliphatic rings. The molecule has 6 heteroatoms. The third-order valence-corrected chi connectivity index (χ3v) is 4.50. The molecule has 1 atom stereocenters. The zero-order valence-corrected chi connectivity index (χ0v) is 12.3. The van der Waals surface area contributed by atoms with Crippen LogP contribution >= 0.6 is 0 Å². The minimum Gasteiger partial charge on any atom is -0.447 e. The van der Waals surface area contributed by atoms with E-state index in [0.29, 0.717) is 5.76 Å². The number of furan rings is 1. The molecule has 1 aromatic heterocycles. The number of nitrogens with one attached hydrogen (secondary N) is 1. The Bertz CT molecular complexity index is 692. The van der Waals surface area contributed by atoms with Crippen LogP contribution in [0, 0.1) is 6.92 Å². The summed E-state index contributed by atoms with van der Waals surface area (Å²) in [5, 5.41) is -0.113. The van der Waals surface area contributed by atoms with E-state index in [-0.39, 0.29) is 17.7 Å². The average molecular weight is 294 g/mol. The van der Waals surface area contributed by atoms with E-state index in [2.05, 4.69) is 4.72 Å². The highest BCUT2D eigenvalue weighted by molar-refractivity contribution is 7.89. The second-order valence-corrected chi connectivity index (χ2v) is 6.27. The molecule has 1 unspecified atom stereocenters. The first-order valence-electron chi connectivity index (χ1n) is 6.30. The normalized spacial score (nSPS) is 13.3. The van der Waals surface area contributed by atoms with Crippen molar-refractivity contribution >= 4 is 10.0 Å². The van der Waals surface area contributed by atoms with Crippen molar-refractivity contribution in [2.24, 2.45) is 5.73 Å². The number of sulfonamides is 1. The molecule has 5 nitrogen and oxygen atoms in total. The van der Waals surface area contributed by atoms with E-state index in [1.807, 2.05) is 31.2 Å². The van der Waals surface area contributed by atoms with Crippen LogP contribution in [0.4, 0.5) is 0 Å². The molecule has 108 valence electrons. The zero-order valence-electron chi connectivity index (χ0n) is 11.5. The van der Waals surface area contributed by atoms with Crippen molar-refractivity contribution in [3.05, 3.63) is 53.3 Å². The summed E-state index contributed by atoms with van der Waals surface area (Å²) >= 11 is 0. The Morgan fingerprint density at radius 3 is 2.55 bits per heavy atom. The lowest BCUT2D eigenvalue weighted by molar-refractivity contribution is 0.411. The maximum atomic E-state index is 12.2. The number of benzene rings is 1. The van der Waals surface area contributed by atoms with Gasteiger partial charge in [-0.15, -0.1) is 0 Å². The van der Waals surface area contributed by atoms with E-state index in [9.17, 15) is 8.42 Å². The van der Waals surface area contributed by atoms with Gasteiger partial charge in [0.1, 0.15) is 5.76 Å². The van der Waals surface area contributed by atoms with Crippen molar-refractivity contribution < 1.29 is 12.8 Å². The Hall–Kier alpha value is -1.63. The van der Waals surface area contributed by atoms with E-state index >= 15 is 0 Å². The van der Waals surface area contributed by atoms with E-state index < -0.39 is 10.0 Å². The van der Waals surface area contributed by atoms with Crippen LogP contribution in [0.2, 0.25) is 0 Å². The van der Waals surface area contributed by atoms with Gasteiger partial charge in [0, 0.05) is 6.04 Å². The van der Waals surface area contributed by atoms with Crippen molar-refractivity contribution in [2.75, 3.05) is 0 Å². The Morgan fingerprint density at radius 2 is 1.95 bits per heavy atom. The van der Waals surface area contributed by atoms with Gasteiger partial charge in [-0.25, -0.2) is 13.1 Å². The van der Waals surface area contributed by atoms with Crippen LogP contribution in [0.1, 0.15) is 29.9 Å². The fraction of sp³-hybridized carbons (Fsp3) is 0.286. The molecule has 2 aromatic rings. The molecule has 0 aliphatic carbocycles. The van der Waals surface area contributed by atoms with Crippen LogP contribution in [0.5, 0.6) is 0 Å². The molecule has 2 rings (SSSR count). The topological polar surface area (TPSA) is 85.3 Å². The fourth-order valence-corrected chi connectivity index (χ4v) is 3.21. The summed E-state index contributed by atoms with van der Waals surface area (Å²) in [6, 6.07) is 10.3. The molecule has 0 bridgehead atoms. The van der Waals surface area contributed by atoms with Crippen LogP contribution in [-0.2, 0) is 16.6 Å². The van der Waals surface area contributed by atoms with Gasteiger partial charge in [0.05, 0.1) is 6.54 Å². The van der Waals surface area contributed by atoms with Gasteiger partial charge in [-0.3, -0.25) is 0 Å². The number of hydrogen-bond acceptors (Lipinski definition) is 4. The largest absolute Gasteiger partial charge is 0.447 e. The molecule has 3 N–H and O–H groups in total. The van der Waals surface area contributed by atoms with Gasteiger partial charge in [-0.1, -0.05) is 24.3 Å². The second kappa shape index (κ2) is 5.78. The van der Waals surface area contributed by atoms with Gasteiger partial charge in [0.25, 0.3) is 10.0 Å². The van der Waals surface area contributed by atoms with Crippen molar-refractivity contribution in [3.63, 3.8) is 0 Å². The molecule has 0 saturated carbocycles. The SMILES string of the molecule is Cc1ccccc1C(C)NS(=O)(=O)c1ccc(CN)o1. The highest BCUT2D eigenvalue weighted by atomic mass is 32.2. The van der Waals surface area contributed by atoms with Crippen LogP contribution < -0.4 is 10.5 Å². The standard InChI is InChI=1S/C14H18N2O3S/c1-10-5-3-4-6-13(10)11(2)16-20(17,18)14-8-7-12(9-15)19-14/h3-8,11,16H,9,15H2,1-2H3. The number of aryl methyl sites for hydroxylation is 1. The van der Waals surface area contributed by atoms with Gasteiger partial charge >= 0.3 is 0 Å². The van der Waals surface area contributed by atoms with Gasteiger partial charge in [-0.05, 0) is 37.1 Å². The van der Waals surface area contributed by atoms with Crippen LogP contribution in [0.3, 0.4) is 0 Å². The first-order valence-corrected chi connectivity index (χ1v) is 7.79. The van der Waals surface area contributed by atoms with E-state index in [1.54, 1.807) is 13.0 Å². The molecule has 1 heterocycles. The predicted molar refractivity (Wildman–Crippen MR) is 76.5 cm³/mol. The molecule has 0 fully saturated rings. The third kappa shape index (κ3) is 3.09. The second-order valence-electron chi connectivity index (χ2n) is 4.62. The van der Waals surface area contributed by atoms with Crippen LogP contribution in [0.25, 0.3) is 0 Å². The number of nitrogens with two attached hydrogens (primary N) is 1. The number of rotatable bonds is 5. The van der Waals surface area contributed by atoms with E-state index in [0.717, 1.165) is 11.1 Å². The fourth-order valence-electron chi connectivity index (χ4n) is 2.04. The molecular formula is C14H18N2O3S. The summed E-state index contributed by atoms with van der Waals surface area (Å²) in [6.45, 7) is 3.91.